The number of carbonyl (C=O) groups is 1. The summed E-state index contributed by atoms with van der Waals surface area (Å²) < 4.78 is 33.3. The highest BCUT2D eigenvalue weighted by molar-refractivity contribution is 7.92. The van der Waals surface area contributed by atoms with Crippen LogP contribution in [0.1, 0.15) is 21.5 Å². The Labute approximate surface area is 193 Å². The molecule has 0 radical (unpaired) electrons. The highest BCUT2D eigenvalue weighted by Gasteiger charge is 2.16. The van der Waals surface area contributed by atoms with Crippen molar-refractivity contribution >= 4 is 27.4 Å². The van der Waals surface area contributed by atoms with Gasteiger partial charge in [0.1, 0.15) is 5.82 Å². The van der Waals surface area contributed by atoms with Crippen LogP contribution in [0.4, 0.5) is 11.5 Å². The Morgan fingerprint density at radius 3 is 2.52 bits per heavy atom. The second-order valence-corrected chi connectivity index (χ2v) is 9.43. The van der Waals surface area contributed by atoms with E-state index in [0.717, 1.165) is 30.0 Å². The number of para-hydroxylation sites is 1. The van der Waals surface area contributed by atoms with Crippen molar-refractivity contribution in [3.05, 3.63) is 83.6 Å². The van der Waals surface area contributed by atoms with Crippen molar-refractivity contribution < 1.29 is 17.9 Å². The molecule has 2 aromatic carbocycles. The lowest BCUT2D eigenvalue weighted by Crippen LogP contribution is -2.36. The lowest BCUT2D eigenvalue weighted by Gasteiger charge is -2.28. The van der Waals surface area contributed by atoms with E-state index in [2.05, 4.69) is 19.9 Å². The largest absolute Gasteiger partial charge is 0.378 e. The predicted octanol–water partition coefficient (Wildman–Crippen LogP) is 2.96. The van der Waals surface area contributed by atoms with E-state index in [-0.39, 0.29) is 10.8 Å². The van der Waals surface area contributed by atoms with Crippen molar-refractivity contribution in [2.24, 2.45) is 0 Å². The van der Waals surface area contributed by atoms with E-state index in [1.54, 1.807) is 18.3 Å². The number of ether oxygens (including phenoxy) is 1. The molecule has 2 heterocycles. The molecule has 2 N–H and O–H groups in total. The molecule has 0 aliphatic carbocycles. The highest BCUT2D eigenvalue weighted by Crippen LogP contribution is 2.20. The molecule has 1 aliphatic rings. The fraction of sp³-hybridized carbons (Fsp3) is 0.250. The zero-order valence-corrected chi connectivity index (χ0v) is 19.1. The molecule has 1 fully saturated rings. The Kier molecular flexibility index (Phi) is 6.90. The van der Waals surface area contributed by atoms with Gasteiger partial charge >= 0.3 is 0 Å². The normalized spacial score (nSPS) is 14.0. The number of sulfonamides is 1. The van der Waals surface area contributed by atoms with E-state index in [1.807, 2.05) is 31.2 Å². The number of rotatable bonds is 7. The van der Waals surface area contributed by atoms with Crippen LogP contribution >= 0.6 is 0 Å². The van der Waals surface area contributed by atoms with Gasteiger partial charge in [-0.25, -0.2) is 13.4 Å². The number of anilines is 2. The Balaban J connectivity index is 1.38. The Morgan fingerprint density at radius 1 is 1.06 bits per heavy atom. The third kappa shape index (κ3) is 5.68. The van der Waals surface area contributed by atoms with Gasteiger partial charge in [0.25, 0.3) is 15.9 Å². The van der Waals surface area contributed by atoms with Gasteiger partial charge in [-0.1, -0.05) is 18.2 Å². The van der Waals surface area contributed by atoms with Gasteiger partial charge in [0.05, 0.1) is 23.8 Å². The first kappa shape index (κ1) is 22.8. The summed E-state index contributed by atoms with van der Waals surface area (Å²) in [6.07, 6.45) is 1.73. The minimum atomic E-state index is -3.75. The van der Waals surface area contributed by atoms with Gasteiger partial charge in [-0.05, 0) is 60.5 Å². The number of benzene rings is 2. The molecule has 3 aromatic rings. The standard InChI is InChI=1S/C24H26N4O4S/c1-18-4-2-3-5-22(18)27-33(30,31)21-8-6-20(7-9-21)24(29)26-17-19-10-11-25-23(16-19)28-12-14-32-15-13-28/h2-11,16,27H,12-15,17H2,1H3,(H,26,29). The summed E-state index contributed by atoms with van der Waals surface area (Å²) in [7, 11) is -3.75. The number of pyridine rings is 1. The summed E-state index contributed by atoms with van der Waals surface area (Å²) in [5, 5.41) is 2.88. The number of amides is 1. The van der Waals surface area contributed by atoms with E-state index >= 15 is 0 Å². The van der Waals surface area contributed by atoms with E-state index in [4.69, 9.17) is 4.74 Å². The van der Waals surface area contributed by atoms with E-state index in [1.165, 1.54) is 24.3 Å². The summed E-state index contributed by atoms with van der Waals surface area (Å²) >= 11 is 0. The second kappa shape index (κ2) is 10.0. The van der Waals surface area contributed by atoms with Crippen LogP contribution in [0.2, 0.25) is 0 Å². The maximum Gasteiger partial charge on any atom is 0.261 e. The average Bonchev–Trinajstić information content (AvgIpc) is 2.85. The minimum Gasteiger partial charge on any atom is -0.378 e. The highest BCUT2D eigenvalue weighted by atomic mass is 32.2. The number of hydrogen-bond donors (Lipinski definition) is 2. The average molecular weight is 467 g/mol. The topological polar surface area (TPSA) is 101 Å². The number of morpholine rings is 1. The first-order valence-corrected chi connectivity index (χ1v) is 12.1. The van der Waals surface area contributed by atoms with Crippen LogP contribution in [0.15, 0.2) is 71.8 Å². The number of nitrogens with one attached hydrogen (secondary N) is 2. The van der Waals surface area contributed by atoms with Crippen LogP contribution < -0.4 is 14.9 Å². The lowest BCUT2D eigenvalue weighted by atomic mass is 10.2. The number of aromatic nitrogens is 1. The van der Waals surface area contributed by atoms with E-state index < -0.39 is 10.0 Å². The van der Waals surface area contributed by atoms with Gasteiger partial charge in [-0.2, -0.15) is 0 Å². The smallest absolute Gasteiger partial charge is 0.261 e. The predicted molar refractivity (Wildman–Crippen MR) is 127 cm³/mol. The molecule has 0 bridgehead atoms. The summed E-state index contributed by atoms with van der Waals surface area (Å²) in [5.74, 6) is 0.580. The molecule has 172 valence electrons. The molecule has 0 unspecified atom stereocenters. The first-order chi connectivity index (χ1) is 15.9. The van der Waals surface area contributed by atoms with Crippen molar-refractivity contribution in [3.8, 4) is 0 Å². The molecule has 1 aliphatic heterocycles. The number of aryl methyl sites for hydroxylation is 1. The quantitative estimate of drug-likeness (QED) is 0.555. The number of hydrogen-bond acceptors (Lipinski definition) is 6. The van der Waals surface area contributed by atoms with Gasteiger partial charge < -0.3 is 15.0 Å². The lowest BCUT2D eigenvalue weighted by molar-refractivity contribution is 0.0951. The summed E-state index contributed by atoms with van der Waals surface area (Å²) in [6, 6.07) is 16.8. The maximum absolute atomic E-state index is 12.7. The van der Waals surface area contributed by atoms with Crippen molar-refractivity contribution in [3.63, 3.8) is 0 Å². The van der Waals surface area contributed by atoms with Gasteiger partial charge in [-0.15, -0.1) is 0 Å². The molecule has 1 amide bonds. The molecule has 8 nitrogen and oxygen atoms in total. The van der Waals surface area contributed by atoms with Crippen molar-refractivity contribution in [1.29, 1.82) is 0 Å². The van der Waals surface area contributed by atoms with Crippen LogP contribution in [-0.2, 0) is 21.3 Å². The maximum atomic E-state index is 12.7. The molecule has 0 spiro atoms. The number of nitrogens with zero attached hydrogens (tertiary/aromatic N) is 2. The molecule has 1 saturated heterocycles. The monoisotopic (exact) mass is 466 g/mol. The van der Waals surface area contributed by atoms with Crippen LogP contribution in [0.5, 0.6) is 0 Å². The Morgan fingerprint density at radius 2 is 1.79 bits per heavy atom. The van der Waals surface area contributed by atoms with E-state index in [0.29, 0.717) is 31.0 Å². The van der Waals surface area contributed by atoms with Crippen molar-refractivity contribution in [2.45, 2.75) is 18.4 Å². The summed E-state index contributed by atoms with van der Waals surface area (Å²) in [6.45, 7) is 5.10. The van der Waals surface area contributed by atoms with Crippen molar-refractivity contribution in [2.75, 3.05) is 35.9 Å². The van der Waals surface area contributed by atoms with Gasteiger partial charge in [-0.3, -0.25) is 9.52 Å². The fourth-order valence-electron chi connectivity index (χ4n) is 3.50. The minimum absolute atomic E-state index is 0.0894. The fourth-order valence-corrected chi connectivity index (χ4v) is 4.63. The van der Waals surface area contributed by atoms with Crippen LogP contribution in [0.25, 0.3) is 0 Å². The second-order valence-electron chi connectivity index (χ2n) is 7.75. The zero-order valence-electron chi connectivity index (χ0n) is 18.3. The SMILES string of the molecule is Cc1ccccc1NS(=O)(=O)c1ccc(C(=O)NCc2ccnc(N3CCOCC3)c2)cc1. The van der Waals surface area contributed by atoms with Crippen LogP contribution in [-0.4, -0.2) is 45.6 Å². The molecular weight excluding hydrogens is 440 g/mol. The van der Waals surface area contributed by atoms with Crippen LogP contribution in [0.3, 0.4) is 0 Å². The number of carbonyl (C=O) groups excluding carboxylic acids is 1. The zero-order chi connectivity index (χ0) is 23.3. The van der Waals surface area contributed by atoms with Crippen LogP contribution in [0, 0.1) is 6.92 Å². The first-order valence-electron chi connectivity index (χ1n) is 10.7. The molecule has 0 saturated carbocycles. The molecular formula is C24H26N4O4S. The van der Waals surface area contributed by atoms with Crippen molar-refractivity contribution in [1.82, 2.24) is 10.3 Å². The third-order valence-corrected chi connectivity index (χ3v) is 6.80. The van der Waals surface area contributed by atoms with E-state index in [9.17, 15) is 13.2 Å². The summed E-state index contributed by atoms with van der Waals surface area (Å²) in [5.41, 5.74) is 2.66. The third-order valence-electron chi connectivity index (χ3n) is 5.41. The Hall–Kier alpha value is -3.43. The molecule has 33 heavy (non-hydrogen) atoms. The molecule has 1 aromatic heterocycles. The van der Waals surface area contributed by atoms with Gasteiger partial charge in [0, 0.05) is 31.4 Å². The molecule has 4 rings (SSSR count). The Bertz CT molecular complexity index is 1220. The van der Waals surface area contributed by atoms with Gasteiger partial charge in [0.15, 0.2) is 0 Å². The molecule has 9 heteroatoms. The molecule has 0 atom stereocenters. The van der Waals surface area contributed by atoms with Gasteiger partial charge in [0.2, 0.25) is 0 Å². The summed E-state index contributed by atoms with van der Waals surface area (Å²) in [4.78, 5) is 19.2.